The van der Waals surface area contributed by atoms with Crippen LogP contribution < -0.4 is 0 Å². The van der Waals surface area contributed by atoms with Gasteiger partial charge in [-0.2, -0.15) is 0 Å². The molecule has 1 saturated carbocycles. The Bertz CT molecular complexity index is 190. The van der Waals surface area contributed by atoms with Crippen molar-refractivity contribution in [3.05, 3.63) is 0 Å². The van der Waals surface area contributed by atoms with E-state index in [4.69, 9.17) is 0 Å². The number of hydrogen-bond donors (Lipinski definition) is 0. The van der Waals surface area contributed by atoms with Crippen LogP contribution in [0.4, 0.5) is 0 Å². The maximum atomic E-state index is 11.9. The number of carbonyl (C=O) groups is 1. The van der Waals surface area contributed by atoms with Gasteiger partial charge >= 0.3 is 0 Å². The largest absolute Gasteiger partial charge is 0.342 e. The molecule has 2 nitrogen and oxygen atoms in total. The lowest BCUT2D eigenvalue weighted by Crippen LogP contribution is -2.43. The van der Waals surface area contributed by atoms with Crippen molar-refractivity contribution in [1.82, 2.24) is 4.90 Å². The summed E-state index contributed by atoms with van der Waals surface area (Å²) in [7, 11) is 0. The molecule has 1 heterocycles. The molecule has 0 aromatic carbocycles. The van der Waals surface area contributed by atoms with Gasteiger partial charge in [0.15, 0.2) is 0 Å². The second kappa shape index (κ2) is 3.69. The smallest absolute Gasteiger partial charge is 0.225 e. The van der Waals surface area contributed by atoms with Crippen LogP contribution in [0.25, 0.3) is 0 Å². The Morgan fingerprint density at radius 1 is 1.15 bits per heavy atom. The standard InChI is InChI=1S/C11H19NO/c1-9-7-10(8-9)11(13)12-5-3-2-4-6-12/h9-10H,2-8H2,1H3. The second-order valence-electron chi connectivity index (χ2n) is 4.66. The highest BCUT2D eigenvalue weighted by atomic mass is 16.2. The van der Waals surface area contributed by atoms with Crippen molar-refractivity contribution in [2.24, 2.45) is 11.8 Å². The Hall–Kier alpha value is -0.530. The summed E-state index contributed by atoms with van der Waals surface area (Å²) in [6, 6.07) is 0. The Labute approximate surface area is 80.3 Å². The average Bonchev–Trinajstić information content (AvgIpc) is 2.13. The molecule has 0 bridgehead atoms. The van der Waals surface area contributed by atoms with E-state index in [2.05, 4.69) is 11.8 Å². The molecule has 0 aromatic rings. The Morgan fingerprint density at radius 3 is 2.31 bits per heavy atom. The van der Waals surface area contributed by atoms with Crippen LogP contribution in [-0.2, 0) is 4.79 Å². The van der Waals surface area contributed by atoms with E-state index in [1.807, 2.05) is 0 Å². The van der Waals surface area contributed by atoms with Crippen LogP contribution in [0.1, 0.15) is 39.0 Å². The zero-order chi connectivity index (χ0) is 9.26. The van der Waals surface area contributed by atoms with E-state index >= 15 is 0 Å². The fourth-order valence-corrected chi connectivity index (χ4v) is 2.48. The molecule has 1 aliphatic carbocycles. The summed E-state index contributed by atoms with van der Waals surface area (Å²) in [5, 5.41) is 0. The fourth-order valence-electron chi connectivity index (χ4n) is 2.48. The zero-order valence-corrected chi connectivity index (χ0v) is 8.46. The number of carbonyl (C=O) groups excluding carboxylic acids is 1. The van der Waals surface area contributed by atoms with Gasteiger partial charge in [-0.05, 0) is 38.0 Å². The molecule has 0 atom stereocenters. The first kappa shape index (κ1) is 9.04. The molecule has 2 fully saturated rings. The minimum absolute atomic E-state index is 0.382. The summed E-state index contributed by atoms with van der Waals surface area (Å²) in [6.45, 7) is 4.27. The topological polar surface area (TPSA) is 20.3 Å². The number of amides is 1. The molecule has 0 aromatic heterocycles. The van der Waals surface area contributed by atoms with Crippen LogP contribution in [0.3, 0.4) is 0 Å². The van der Waals surface area contributed by atoms with E-state index in [1.54, 1.807) is 0 Å². The van der Waals surface area contributed by atoms with E-state index in [0.29, 0.717) is 11.8 Å². The molecule has 13 heavy (non-hydrogen) atoms. The molecule has 0 spiro atoms. The van der Waals surface area contributed by atoms with Gasteiger partial charge in [0, 0.05) is 19.0 Å². The molecule has 2 rings (SSSR count). The third kappa shape index (κ3) is 1.87. The highest BCUT2D eigenvalue weighted by Gasteiger charge is 2.34. The van der Waals surface area contributed by atoms with Gasteiger partial charge in [0.05, 0.1) is 0 Å². The third-order valence-electron chi connectivity index (χ3n) is 3.39. The van der Waals surface area contributed by atoms with Crippen molar-refractivity contribution in [1.29, 1.82) is 0 Å². The lowest BCUT2D eigenvalue weighted by molar-refractivity contribution is -0.140. The van der Waals surface area contributed by atoms with Crippen molar-refractivity contribution in [2.75, 3.05) is 13.1 Å². The minimum atomic E-state index is 0.382. The van der Waals surface area contributed by atoms with Gasteiger partial charge in [-0.3, -0.25) is 4.79 Å². The van der Waals surface area contributed by atoms with Gasteiger partial charge < -0.3 is 4.90 Å². The normalized spacial score (nSPS) is 34.1. The molecule has 1 aliphatic heterocycles. The molecule has 1 saturated heterocycles. The van der Waals surface area contributed by atoms with E-state index in [0.717, 1.165) is 31.8 Å². The number of hydrogen-bond acceptors (Lipinski definition) is 1. The van der Waals surface area contributed by atoms with Gasteiger partial charge in [0.1, 0.15) is 0 Å². The number of rotatable bonds is 1. The summed E-state index contributed by atoms with van der Waals surface area (Å²) in [5.41, 5.74) is 0. The van der Waals surface area contributed by atoms with E-state index < -0.39 is 0 Å². The fraction of sp³-hybridized carbons (Fsp3) is 0.909. The number of piperidine rings is 1. The molecular formula is C11H19NO. The summed E-state index contributed by atoms with van der Waals surface area (Å²) < 4.78 is 0. The zero-order valence-electron chi connectivity index (χ0n) is 8.46. The second-order valence-corrected chi connectivity index (χ2v) is 4.66. The lowest BCUT2D eigenvalue weighted by atomic mass is 9.75. The summed E-state index contributed by atoms with van der Waals surface area (Å²) >= 11 is 0. The van der Waals surface area contributed by atoms with Gasteiger partial charge in [0.25, 0.3) is 0 Å². The van der Waals surface area contributed by atoms with Crippen LogP contribution in [0.15, 0.2) is 0 Å². The predicted molar refractivity (Wildman–Crippen MR) is 52.3 cm³/mol. The van der Waals surface area contributed by atoms with Crippen molar-refractivity contribution in [2.45, 2.75) is 39.0 Å². The van der Waals surface area contributed by atoms with Crippen LogP contribution >= 0.6 is 0 Å². The molecule has 0 unspecified atom stereocenters. The molecule has 2 aliphatic rings. The first-order valence-electron chi connectivity index (χ1n) is 5.56. The highest BCUT2D eigenvalue weighted by Crippen LogP contribution is 2.34. The third-order valence-corrected chi connectivity index (χ3v) is 3.39. The van der Waals surface area contributed by atoms with Crippen LogP contribution in [-0.4, -0.2) is 23.9 Å². The van der Waals surface area contributed by atoms with Crippen molar-refractivity contribution in [3.63, 3.8) is 0 Å². The van der Waals surface area contributed by atoms with E-state index in [1.165, 1.54) is 19.3 Å². The predicted octanol–water partition coefficient (Wildman–Crippen LogP) is 2.04. The quantitative estimate of drug-likeness (QED) is 0.606. The molecule has 1 amide bonds. The highest BCUT2D eigenvalue weighted by molar-refractivity contribution is 5.79. The first-order chi connectivity index (χ1) is 6.27. The molecule has 0 radical (unpaired) electrons. The maximum Gasteiger partial charge on any atom is 0.225 e. The summed E-state index contributed by atoms with van der Waals surface area (Å²) in [5.74, 6) is 1.62. The van der Waals surface area contributed by atoms with Gasteiger partial charge in [-0.15, -0.1) is 0 Å². The number of likely N-dealkylation sites (tertiary alicyclic amines) is 1. The first-order valence-corrected chi connectivity index (χ1v) is 5.56. The van der Waals surface area contributed by atoms with Crippen molar-refractivity contribution < 1.29 is 4.79 Å². The summed E-state index contributed by atoms with van der Waals surface area (Å²) in [6.07, 6.45) is 6.01. The average molecular weight is 181 g/mol. The van der Waals surface area contributed by atoms with Crippen LogP contribution in [0.2, 0.25) is 0 Å². The maximum absolute atomic E-state index is 11.9. The number of nitrogens with zero attached hydrogens (tertiary/aromatic N) is 1. The van der Waals surface area contributed by atoms with E-state index in [-0.39, 0.29) is 0 Å². The van der Waals surface area contributed by atoms with Crippen LogP contribution in [0.5, 0.6) is 0 Å². The SMILES string of the molecule is CC1CC(C(=O)N2CCCCC2)C1. The van der Waals surface area contributed by atoms with E-state index in [9.17, 15) is 4.79 Å². The van der Waals surface area contributed by atoms with Crippen LogP contribution in [0, 0.1) is 11.8 Å². The monoisotopic (exact) mass is 181 g/mol. The Morgan fingerprint density at radius 2 is 1.77 bits per heavy atom. The van der Waals surface area contributed by atoms with Gasteiger partial charge in [0.2, 0.25) is 5.91 Å². The molecule has 0 N–H and O–H groups in total. The molecule has 74 valence electrons. The lowest BCUT2D eigenvalue weighted by Gasteiger charge is -2.37. The molecule has 2 heteroatoms. The van der Waals surface area contributed by atoms with Crippen molar-refractivity contribution in [3.8, 4) is 0 Å². The Kier molecular flexibility index (Phi) is 2.56. The van der Waals surface area contributed by atoms with Gasteiger partial charge in [-0.1, -0.05) is 6.92 Å². The molecular weight excluding hydrogens is 162 g/mol. The Balaban J connectivity index is 1.82. The van der Waals surface area contributed by atoms with Crippen molar-refractivity contribution >= 4 is 5.91 Å². The minimum Gasteiger partial charge on any atom is -0.342 e. The van der Waals surface area contributed by atoms with Gasteiger partial charge in [-0.25, -0.2) is 0 Å². The summed E-state index contributed by atoms with van der Waals surface area (Å²) in [4.78, 5) is 13.9.